The first-order valence-electron chi connectivity index (χ1n) is 7.84. The Morgan fingerprint density at radius 2 is 2.14 bits per heavy atom. The lowest BCUT2D eigenvalue weighted by Crippen LogP contribution is -2.35. The van der Waals surface area contributed by atoms with E-state index in [9.17, 15) is 0 Å². The Hall–Kier alpha value is -1.09. The molecule has 0 saturated heterocycles. The zero-order chi connectivity index (χ0) is 14.9. The number of nitrogens with zero attached hydrogens (tertiary/aromatic N) is 2. The second-order valence-corrected chi connectivity index (χ2v) is 6.77. The molecular weight excluding hydrogens is 324 g/mol. The van der Waals surface area contributed by atoms with Gasteiger partial charge in [-0.2, -0.15) is 5.10 Å². The average Bonchev–Trinajstić information content (AvgIpc) is 2.87. The summed E-state index contributed by atoms with van der Waals surface area (Å²) in [6.07, 6.45) is 5.82. The van der Waals surface area contributed by atoms with Crippen molar-refractivity contribution in [1.82, 2.24) is 9.78 Å². The van der Waals surface area contributed by atoms with Crippen molar-refractivity contribution in [3.05, 3.63) is 52.8 Å². The van der Waals surface area contributed by atoms with Crippen LogP contribution in [0.3, 0.4) is 0 Å². The third-order valence-electron chi connectivity index (χ3n) is 4.86. The largest absolute Gasteiger partial charge is 0.272 e. The summed E-state index contributed by atoms with van der Waals surface area (Å²) in [5, 5.41) is 5.63. The molecule has 2 aromatic rings. The fourth-order valence-corrected chi connectivity index (χ4v) is 4.41. The van der Waals surface area contributed by atoms with Gasteiger partial charge in [-0.1, -0.05) is 47.1 Å². The summed E-state index contributed by atoms with van der Waals surface area (Å²) in [5.41, 5.74) is 5.82. The summed E-state index contributed by atoms with van der Waals surface area (Å²) in [4.78, 5) is 0. The predicted molar refractivity (Wildman–Crippen MR) is 91.1 cm³/mol. The van der Waals surface area contributed by atoms with Gasteiger partial charge in [0.25, 0.3) is 0 Å². The Morgan fingerprint density at radius 1 is 1.33 bits per heavy atom. The van der Waals surface area contributed by atoms with E-state index in [4.69, 9.17) is 0 Å². The van der Waals surface area contributed by atoms with Crippen molar-refractivity contribution in [2.75, 3.05) is 5.33 Å². The van der Waals surface area contributed by atoms with Gasteiger partial charge in [0.1, 0.15) is 0 Å². The fourth-order valence-electron chi connectivity index (χ4n) is 3.63. The Morgan fingerprint density at radius 3 is 2.86 bits per heavy atom. The molecule has 0 spiro atoms. The van der Waals surface area contributed by atoms with E-state index >= 15 is 0 Å². The van der Waals surface area contributed by atoms with E-state index in [1.807, 2.05) is 0 Å². The fraction of sp³-hybridized carbons (Fsp3) is 0.500. The van der Waals surface area contributed by atoms with E-state index in [-0.39, 0.29) is 5.41 Å². The summed E-state index contributed by atoms with van der Waals surface area (Å²) >= 11 is 3.81. The number of benzene rings is 1. The van der Waals surface area contributed by atoms with Crippen LogP contribution in [0.4, 0.5) is 0 Å². The van der Waals surface area contributed by atoms with Gasteiger partial charge in [0.15, 0.2) is 0 Å². The van der Waals surface area contributed by atoms with Crippen LogP contribution in [0.25, 0.3) is 0 Å². The van der Waals surface area contributed by atoms with Crippen molar-refractivity contribution in [2.45, 2.75) is 44.4 Å². The number of fused-ring (bicyclic) bond motifs is 1. The van der Waals surface area contributed by atoms with Crippen molar-refractivity contribution in [1.29, 1.82) is 0 Å². The molecule has 1 unspecified atom stereocenters. The SMILES string of the molecule is CCc1cc(CC2(CBr)CCCc3ccccc32)n(C)n1. The van der Waals surface area contributed by atoms with Gasteiger partial charge in [-0.25, -0.2) is 0 Å². The van der Waals surface area contributed by atoms with Crippen LogP contribution < -0.4 is 0 Å². The minimum atomic E-state index is 0.216. The maximum Gasteiger partial charge on any atom is 0.0624 e. The third-order valence-corrected chi connectivity index (χ3v) is 5.93. The molecular formula is C18H23BrN2. The van der Waals surface area contributed by atoms with E-state index in [0.717, 1.165) is 18.2 Å². The summed E-state index contributed by atoms with van der Waals surface area (Å²) in [6.45, 7) is 2.17. The Labute approximate surface area is 135 Å². The first-order chi connectivity index (χ1) is 10.2. The van der Waals surface area contributed by atoms with E-state index in [2.05, 4.69) is 70.0 Å². The van der Waals surface area contributed by atoms with E-state index in [0.29, 0.717) is 0 Å². The summed E-state index contributed by atoms with van der Waals surface area (Å²) in [7, 11) is 2.07. The van der Waals surface area contributed by atoms with Crippen LogP contribution in [0.1, 0.15) is 42.3 Å². The van der Waals surface area contributed by atoms with Gasteiger partial charge in [-0.15, -0.1) is 0 Å². The van der Waals surface area contributed by atoms with Crippen LogP contribution in [0, 0.1) is 0 Å². The zero-order valence-corrected chi connectivity index (χ0v) is 14.5. The highest BCUT2D eigenvalue weighted by Crippen LogP contribution is 2.41. The van der Waals surface area contributed by atoms with Gasteiger partial charge < -0.3 is 0 Å². The molecule has 1 aromatic carbocycles. The molecule has 0 aliphatic heterocycles. The van der Waals surface area contributed by atoms with Gasteiger partial charge in [0, 0.05) is 23.5 Å². The van der Waals surface area contributed by atoms with Gasteiger partial charge in [-0.3, -0.25) is 4.68 Å². The molecule has 2 nitrogen and oxygen atoms in total. The first-order valence-corrected chi connectivity index (χ1v) is 8.97. The molecule has 112 valence electrons. The number of rotatable bonds is 4. The summed E-state index contributed by atoms with van der Waals surface area (Å²) in [5.74, 6) is 0. The molecule has 0 saturated carbocycles. The van der Waals surface area contributed by atoms with Crippen LogP contribution in [-0.4, -0.2) is 15.1 Å². The van der Waals surface area contributed by atoms with Crippen molar-refractivity contribution in [3.8, 4) is 0 Å². The second-order valence-electron chi connectivity index (χ2n) is 6.21. The Balaban J connectivity index is 2.00. The summed E-state index contributed by atoms with van der Waals surface area (Å²) < 4.78 is 2.07. The highest BCUT2D eigenvalue weighted by molar-refractivity contribution is 9.09. The van der Waals surface area contributed by atoms with Crippen LogP contribution >= 0.6 is 15.9 Å². The minimum Gasteiger partial charge on any atom is -0.272 e. The van der Waals surface area contributed by atoms with Crippen LogP contribution in [0.2, 0.25) is 0 Å². The lowest BCUT2D eigenvalue weighted by Gasteiger charge is -2.38. The predicted octanol–water partition coefficient (Wildman–Crippen LogP) is 4.19. The Kier molecular flexibility index (Phi) is 4.21. The van der Waals surface area contributed by atoms with Crippen molar-refractivity contribution < 1.29 is 0 Å². The number of aromatic nitrogens is 2. The topological polar surface area (TPSA) is 17.8 Å². The monoisotopic (exact) mass is 346 g/mol. The molecule has 0 amide bonds. The molecule has 21 heavy (non-hydrogen) atoms. The minimum absolute atomic E-state index is 0.216. The number of hydrogen-bond donors (Lipinski definition) is 0. The number of aryl methyl sites for hydroxylation is 3. The Bertz CT molecular complexity index is 632. The standard InChI is InChI=1S/C18H23BrN2/c1-3-15-11-16(21(2)20-15)12-18(13-19)10-6-8-14-7-4-5-9-17(14)18/h4-5,7,9,11H,3,6,8,10,12-13H2,1-2H3. The quantitative estimate of drug-likeness (QED) is 0.758. The zero-order valence-electron chi connectivity index (χ0n) is 12.9. The molecule has 0 fully saturated rings. The van der Waals surface area contributed by atoms with E-state index in [1.165, 1.54) is 41.8 Å². The average molecular weight is 347 g/mol. The molecule has 0 bridgehead atoms. The van der Waals surface area contributed by atoms with E-state index < -0.39 is 0 Å². The second kappa shape index (κ2) is 5.96. The molecule has 1 aromatic heterocycles. The number of halogens is 1. The van der Waals surface area contributed by atoms with Crippen LogP contribution in [-0.2, 0) is 31.7 Å². The molecule has 1 atom stereocenters. The smallest absolute Gasteiger partial charge is 0.0624 e. The van der Waals surface area contributed by atoms with Crippen molar-refractivity contribution in [3.63, 3.8) is 0 Å². The molecule has 1 heterocycles. The molecule has 1 aliphatic carbocycles. The summed E-state index contributed by atoms with van der Waals surface area (Å²) in [6, 6.07) is 11.3. The van der Waals surface area contributed by atoms with Gasteiger partial charge in [0.2, 0.25) is 0 Å². The van der Waals surface area contributed by atoms with E-state index in [1.54, 1.807) is 0 Å². The molecule has 3 rings (SSSR count). The van der Waals surface area contributed by atoms with Crippen LogP contribution in [0.15, 0.2) is 30.3 Å². The first kappa shape index (κ1) is 14.8. The lowest BCUT2D eigenvalue weighted by atomic mass is 9.69. The molecule has 0 N–H and O–H groups in total. The van der Waals surface area contributed by atoms with Gasteiger partial charge in [-0.05, 0) is 49.3 Å². The molecule has 0 radical (unpaired) electrons. The molecule has 3 heteroatoms. The number of alkyl halides is 1. The lowest BCUT2D eigenvalue weighted by molar-refractivity contribution is 0.391. The maximum atomic E-state index is 4.62. The van der Waals surface area contributed by atoms with Gasteiger partial charge >= 0.3 is 0 Å². The van der Waals surface area contributed by atoms with Crippen LogP contribution in [0.5, 0.6) is 0 Å². The highest BCUT2D eigenvalue weighted by Gasteiger charge is 2.36. The van der Waals surface area contributed by atoms with Crippen molar-refractivity contribution >= 4 is 15.9 Å². The highest BCUT2D eigenvalue weighted by atomic mass is 79.9. The number of hydrogen-bond acceptors (Lipinski definition) is 1. The molecule has 1 aliphatic rings. The van der Waals surface area contributed by atoms with Gasteiger partial charge in [0.05, 0.1) is 5.69 Å². The van der Waals surface area contributed by atoms with Crippen molar-refractivity contribution in [2.24, 2.45) is 7.05 Å². The maximum absolute atomic E-state index is 4.62. The third kappa shape index (κ3) is 2.68. The normalized spacial score (nSPS) is 21.3.